The van der Waals surface area contributed by atoms with Gasteiger partial charge in [0.05, 0.1) is 0 Å². The van der Waals surface area contributed by atoms with Gasteiger partial charge in [-0.25, -0.2) is 4.79 Å². The first-order valence-corrected chi connectivity index (χ1v) is 11.2. The molecule has 1 saturated heterocycles. The molecule has 1 heterocycles. The molecule has 164 valence electrons. The van der Waals surface area contributed by atoms with Gasteiger partial charge in [0.15, 0.2) is 0 Å². The molecular formula is C24H28BrN3O3. The summed E-state index contributed by atoms with van der Waals surface area (Å²) in [4.78, 5) is 39.6. The minimum Gasteiger partial charge on any atom is -0.324 e. The van der Waals surface area contributed by atoms with E-state index in [1.165, 1.54) is 0 Å². The van der Waals surface area contributed by atoms with Gasteiger partial charge in [-0.05, 0) is 47.6 Å². The molecule has 0 bridgehead atoms. The summed E-state index contributed by atoms with van der Waals surface area (Å²) in [5.41, 5.74) is 2.24. The zero-order valence-electron chi connectivity index (χ0n) is 18.5. The van der Waals surface area contributed by atoms with Crippen LogP contribution in [0.5, 0.6) is 0 Å². The molecule has 4 amide bonds. The summed E-state index contributed by atoms with van der Waals surface area (Å²) in [5, 5.41) is 5.70. The molecule has 0 aliphatic carbocycles. The Morgan fingerprint density at radius 1 is 1.06 bits per heavy atom. The number of nitrogens with zero attached hydrogens (tertiary/aromatic N) is 1. The summed E-state index contributed by atoms with van der Waals surface area (Å²) in [7, 11) is 0. The quantitative estimate of drug-likeness (QED) is 0.558. The van der Waals surface area contributed by atoms with Crippen molar-refractivity contribution in [2.45, 2.75) is 52.0 Å². The normalized spacial score (nSPS) is 18.6. The Hall–Kier alpha value is -2.67. The number of hydrogen-bond donors (Lipinski definition) is 2. The van der Waals surface area contributed by atoms with E-state index in [4.69, 9.17) is 0 Å². The highest BCUT2D eigenvalue weighted by Gasteiger charge is 2.49. The van der Waals surface area contributed by atoms with Crippen LogP contribution in [0.1, 0.15) is 63.1 Å². The van der Waals surface area contributed by atoms with E-state index >= 15 is 0 Å². The Balaban J connectivity index is 1.84. The van der Waals surface area contributed by atoms with E-state index in [1.807, 2.05) is 24.3 Å². The van der Waals surface area contributed by atoms with E-state index in [2.05, 4.69) is 54.3 Å². The predicted octanol–water partition coefficient (Wildman–Crippen LogP) is 5.10. The number of urea groups is 1. The first kappa shape index (κ1) is 23.0. The van der Waals surface area contributed by atoms with E-state index < -0.39 is 23.4 Å². The third kappa shape index (κ3) is 4.51. The maximum Gasteiger partial charge on any atom is 0.325 e. The van der Waals surface area contributed by atoms with E-state index in [9.17, 15) is 14.4 Å². The molecule has 1 atom stereocenters. The second-order valence-corrected chi connectivity index (χ2v) is 9.54. The maximum absolute atomic E-state index is 13.1. The Bertz CT molecular complexity index is 1010. The highest BCUT2D eigenvalue weighted by molar-refractivity contribution is 9.10. The highest BCUT2D eigenvalue weighted by Crippen LogP contribution is 2.33. The fourth-order valence-corrected chi connectivity index (χ4v) is 4.25. The van der Waals surface area contributed by atoms with Gasteiger partial charge >= 0.3 is 6.03 Å². The number of nitrogens with one attached hydrogen (secondary N) is 2. The summed E-state index contributed by atoms with van der Waals surface area (Å²) in [6, 6.07) is 12.6. The molecule has 6 nitrogen and oxygen atoms in total. The first-order chi connectivity index (χ1) is 14.5. The second kappa shape index (κ2) is 8.83. The van der Waals surface area contributed by atoms with Crippen LogP contribution < -0.4 is 10.6 Å². The zero-order valence-corrected chi connectivity index (χ0v) is 20.0. The highest BCUT2D eigenvalue weighted by atomic mass is 79.9. The van der Waals surface area contributed by atoms with Crippen LogP contribution >= 0.6 is 15.9 Å². The van der Waals surface area contributed by atoms with Crippen molar-refractivity contribution in [3.05, 3.63) is 63.6 Å². The zero-order chi connectivity index (χ0) is 22.9. The minimum absolute atomic E-state index is 0.213. The van der Waals surface area contributed by atoms with E-state index in [0.717, 1.165) is 26.2 Å². The van der Waals surface area contributed by atoms with Gasteiger partial charge in [-0.2, -0.15) is 0 Å². The van der Waals surface area contributed by atoms with Crippen molar-refractivity contribution in [2.75, 3.05) is 11.9 Å². The molecule has 1 unspecified atom stereocenters. The lowest BCUT2D eigenvalue weighted by atomic mass is 9.92. The Kier molecular flexibility index (Phi) is 6.55. The van der Waals surface area contributed by atoms with Crippen molar-refractivity contribution in [3.63, 3.8) is 0 Å². The number of benzene rings is 2. The van der Waals surface area contributed by atoms with Crippen molar-refractivity contribution in [1.82, 2.24) is 10.2 Å². The van der Waals surface area contributed by atoms with E-state index in [0.29, 0.717) is 5.56 Å². The first-order valence-electron chi connectivity index (χ1n) is 10.4. The van der Waals surface area contributed by atoms with Crippen molar-refractivity contribution < 1.29 is 14.4 Å². The number of para-hydroxylation sites is 1. The lowest BCUT2D eigenvalue weighted by Crippen LogP contribution is -2.42. The molecule has 1 aliphatic rings. The predicted molar refractivity (Wildman–Crippen MR) is 125 cm³/mol. The average molecular weight is 486 g/mol. The molecule has 1 aliphatic heterocycles. The summed E-state index contributed by atoms with van der Waals surface area (Å²) in [6.07, 6.45) is 0. The number of carbonyl (C=O) groups is 3. The van der Waals surface area contributed by atoms with Crippen LogP contribution in [-0.4, -0.2) is 29.3 Å². The van der Waals surface area contributed by atoms with Crippen molar-refractivity contribution in [1.29, 1.82) is 0 Å². The van der Waals surface area contributed by atoms with Crippen LogP contribution in [0, 0.1) is 0 Å². The molecular weight excluding hydrogens is 458 g/mol. The third-order valence-corrected chi connectivity index (χ3v) is 6.11. The van der Waals surface area contributed by atoms with E-state index in [1.54, 1.807) is 25.1 Å². The number of amides is 4. The second-order valence-electron chi connectivity index (χ2n) is 8.63. The largest absolute Gasteiger partial charge is 0.325 e. The number of rotatable bonds is 6. The Labute approximate surface area is 191 Å². The number of anilines is 1. The number of imide groups is 1. The van der Waals surface area contributed by atoms with Gasteiger partial charge in [0, 0.05) is 10.2 Å². The smallest absolute Gasteiger partial charge is 0.324 e. The molecule has 2 aromatic rings. The van der Waals surface area contributed by atoms with Gasteiger partial charge in [0.1, 0.15) is 12.1 Å². The van der Waals surface area contributed by atoms with Crippen LogP contribution in [0.3, 0.4) is 0 Å². The standard InChI is InChI=1S/C24H28BrN3O3/c1-14(2)18-10-7-11-19(15(3)4)21(18)26-20(29)13-28-22(30)24(5,27-23(28)31)16-8-6-9-17(25)12-16/h6-12,14-15H,13H2,1-5H3,(H,26,29)(H,27,31). The average Bonchev–Trinajstić information content (AvgIpc) is 2.91. The SMILES string of the molecule is CC(C)c1cccc(C(C)C)c1NC(=O)CN1C(=O)NC(C)(c2cccc(Br)c2)C1=O. The maximum atomic E-state index is 13.1. The monoisotopic (exact) mass is 485 g/mol. The van der Waals surface area contributed by atoms with Gasteiger partial charge in [-0.15, -0.1) is 0 Å². The number of hydrogen-bond acceptors (Lipinski definition) is 3. The molecule has 0 spiro atoms. The van der Waals surface area contributed by atoms with Crippen molar-refractivity contribution in [2.24, 2.45) is 0 Å². The van der Waals surface area contributed by atoms with Crippen LogP contribution in [0.15, 0.2) is 46.9 Å². The topological polar surface area (TPSA) is 78.5 Å². The number of halogens is 1. The van der Waals surface area contributed by atoms with Gasteiger partial charge in [0.2, 0.25) is 5.91 Å². The molecule has 2 aromatic carbocycles. The van der Waals surface area contributed by atoms with Crippen LogP contribution in [-0.2, 0) is 15.1 Å². The molecule has 0 aromatic heterocycles. The molecule has 0 radical (unpaired) electrons. The van der Waals surface area contributed by atoms with Gasteiger partial charge < -0.3 is 10.6 Å². The Morgan fingerprint density at radius 3 is 2.19 bits per heavy atom. The van der Waals surface area contributed by atoms with Crippen LogP contribution in [0.4, 0.5) is 10.5 Å². The fourth-order valence-electron chi connectivity index (χ4n) is 3.85. The molecule has 3 rings (SSSR count). The molecule has 7 heteroatoms. The summed E-state index contributed by atoms with van der Waals surface area (Å²) in [5.74, 6) is -0.431. The van der Waals surface area contributed by atoms with Crippen LogP contribution in [0.2, 0.25) is 0 Å². The molecule has 0 saturated carbocycles. The summed E-state index contributed by atoms with van der Waals surface area (Å²) < 4.78 is 0.802. The summed E-state index contributed by atoms with van der Waals surface area (Å²) >= 11 is 3.40. The molecule has 2 N–H and O–H groups in total. The summed E-state index contributed by atoms with van der Waals surface area (Å²) in [6.45, 7) is 9.56. The fraction of sp³-hybridized carbons (Fsp3) is 0.375. The van der Waals surface area contributed by atoms with Crippen molar-refractivity contribution in [3.8, 4) is 0 Å². The Morgan fingerprint density at radius 2 is 1.65 bits per heavy atom. The van der Waals surface area contributed by atoms with Crippen molar-refractivity contribution >= 4 is 39.5 Å². The van der Waals surface area contributed by atoms with Gasteiger partial charge in [-0.1, -0.05) is 74.0 Å². The lowest BCUT2D eigenvalue weighted by Gasteiger charge is -2.23. The van der Waals surface area contributed by atoms with Gasteiger partial charge in [0.25, 0.3) is 5.91 Å². The van der Waals surface area contributed by atoms with E-state index in [-0.39, 0.29) is 18.4 Å². The molecule has 31 heavy (non-hydrogen) atoms. The lowest BCUT2D eigenvalue weighted by molar-refractivity contribution is -0.133. The minimum atomic E-state index is -1.22. The van der Waals surface area contributed by atoms with Gasteiger partial charge in [-0.3, -0.25) is 14.5 Å². The molecule has 1 fully saturated rings. The third-order valence-electron chi connectivity index (χ3n) is 5.62. The van der Waals surface area contributed by atoms with Crippen LogP contribution in [0.25, 0.3) is 0 Å². The number of carbonyl (C=O) groups excluding carboxylic acids is 3.